The van der Waals surface area contributed by atoms with Gasteiger partial charge in [-0.25, -0.2) is 9.18 Å². The first-order chi connectivity index (χ1) is 14.0. The predicted molar refractivity (Wildman–Crippen MR) is 114 cm³/mol. The van der Waals surface area contributed by atoms with E-state index in [2.05, 4.69) is 21.3 Å². The average Bonchev–Trinajstić information content (AvgIpc) is 2.69. The summed E-state index contributed by atoms with van der Waals surface area (Å²) in [5.41, 5.74) is 2.30. The molecule has 1 unspecified atom stereocenters. The lowest BCUT2D eigenvalue weighted by Gasteiger charge is -2.16. The van der Waals surface area contributed by atoms with Crippen molar-refractivity contribution in [2.45, 2.75) is 13.0 Å². The van der Waals surface area contributed by atoms with Crippen LogP contribution in [-0.2, 0) is 4.79 Å². The monoisotopic (exact) mass is 392 g/mol. The molecule has 0 aliphatic heterocycles. The third-order valence-electron chi connectivity index (χ3n) is 4.02. The van der Waals surface area contributed by atoms with Crippen LogP contribution in [0.1, 0.15) is 6.92 Å². The van der Waals surface area contributed by atoms with Gasteiger partial charge in [0.25, 0.3) is 0 Å². The van der Waals surface area contributed by atoms with Gasteiger partial charge in [-0.2, -0.15) is 0 Å². The number of anilines is 4. The lowest BCUT2D eigenvalue weighted by Crippen LogP contribution is -2.31. The molecule has 148 valence electrons. The number of para-hydroxylation sites is 1. The lowest BCUT2D eigenvalue weighted by atomic mass is 10.2. The molecular weight excluding hydrogens is 371 g/mol. The van der Waals surface area contributed by atoms with Crippen LogP contribution in [0, 0.1) is 5.82 Å². The maximum Gasteiger partial charge on any atom is 0.323 e. The molecule has 0 radical (unpaired) electrons. The fourth-order valence-electron chi connectivity index (χ4n) is 2.63. The minimum Gasteiger partial charge on any atom is -0.374 e. The first-order valence-electron chi connectivity index (χ1n) is 9.06. The van der Waals surface area contributed by atoms with Crippen LogP contribution in [0.5, 0.6) is 0 Å². The van der Waals surface area contributed by atoms with E-state index in [1.54, 1.807) is 49.4 Å². The van der Waals surface area contributed by atoms with Crippen LogP contribution < -0.4 is 21.3 Å². The molecular formula is C22H21FN4O2. The SMILES string of the molecule is CC(Nc1cccc(NC(=O)Nc2ccccc2)c1)C(=O)Nc1cccc(F)c1. The minimum absolute atomic E-state index is 0.309. The minimum atomic E-state index is -0.577. The number of rotatable bonds is 6. The van der Waals surface area contributed by atoms with Crippen molar-refractivity contribution >= 4 is 34.7 Å². The van der Waals surface area contributed by atoms with Crippen molar-refractivity contribution in [3.8, 4) is 0 Å². The van der Waals surface area contributed by atoms with Gasteiger partial charge in [-0.1, -0.05) is 30.3 Å². The second-order valence-corrected chi connectivity index (χ2v) is 6.39. The zero-order chi connectivity index (χ0) is 20.6. The highest BCUT2D eigenvalue weighted by molar-refractivity contribution is 6.00. The summed E-state index contributed by atoms with van der Waals surface area (Å²) in [7, 11) is 0. The molecule has 7 heteroatoms. The summed E-state index contributed by atoms with van der Waals surface area (Å²) in [6.45, 7) is 1.69. The van der Waals surface area contributed by atoms with E-state index < -0.39 is 11.9 Å². The molecule has 0 saturated heterocycles. The Balaban J connectivity index is 1.57. The van der Waals surface area contributed by atoms with Gasteiger partial charge in [0.1, 0.15) is 11.9 Å². The summed E-state index contributed by atoms with van der Waals surface area (Å²) in [4.78, 5) is 24.4. The van der Waals surface area contributed by atoms with Crippen LogP contribution in [0.15, 0.2) is 78.9 Å². The van der Waals surface area contributed by atoms with Gasteiger partial charge in [-0.3, -0.25) is 4.79 Å². The van der Waals surface area contributed by atoms with Crippen LogP contribution in [0.25, 0.3) is 0 Å². The molecule has 1 atom stereocenters. The van der Waals surface area contributed by atoms with E-state index in [1.807, 2.05) is 18.2 Å². The first kappa shape index (κ1) is 19.9. The molecule has 0 saturated carbocycles. The van der Waals surface area contributed by atoms with E-state index in [0.29, 0.717) is 22.7 Å². The average molecular weight is 392 g/mol. The Morgan fingerprint density at radius 2 is 1.31 bits per heavy atom. The van der Waals surface area contributed by atoms with E-state index in [0.717, 1.165) is 0 Å². The van der Waals surface area contributed by atoms with Crippen molar-refractivity contribution in [3.63, 3.8) is 0 Å². The molecule has 3 aromatic carbocycles. The molecule has 0 spiro atoms. The van der Waals surface area contributed by atoms with Gasteiger partial charge in [0.15, 0.2) is 0 Å². The van der Waals surface area contributed by atoms with Gasteiger partial charge in [0.2, 0.25) is 5.91 Å². The summed E-state index contributed by atoms with van der Waals surface area (Å²) >= 11 is 0. The third kappa shape index (κ3) is 6.07. The smallest absolute Gasteiger partial charge is 0.323 e. The van der Waals surface area contributed by atoms with E-state index in [9.17, 15) is 14.0 Å². The topological polar surface area (TPSA) is 82.3 Å². The number of carbonyl (C=O) groups excluding carboxylic acids is 2. The van der Waals surface area contributed by atoms with Crippen molar-refractivity contribution in [3.05, 3.63) is 84.7 Å². The molecule has 3 amide bonds. The van der Waals surface area contributed by atoms with E-state index in [4.69, 9.17) is 0 Å². The number of amides is 3. The molecule has 0 heterocycles. The van der Waals surface area contributed by atoms with Crippen molar-refractivity contribution in [2.75, 3.05) is 21.3 Å². The number of hydrogen-bond acceptors (Lipinski definition) is 3. The highest BCUT2D eigenvalue weighted by Gasteiger charge is 2.13. The molecule has 0 bridgehead atoms. The number of urea groups is 1. The molecule has 0 fully saturated rings. The Bertz CT molecular complexity index is 995. The van der Waals surface area contributed by atoms with E-state index >= 15 is 0 Å². The van der Waals surface area contributed by atoms with Crippen LogP contribution in [0.4, 0.5) is 31.9 Å². The summed E-state index contributed by atoms with van der Waals surface area (Å²) in [6.07, 6.45) is 0. The van der Waals surface area contributed by atoms with Crippen LogP contribution in [0.2, 0.25) is 0 Å². The second kappa shape index (κ2) is 9.36. The Morgan fingerprint density at radius 1 is 0.724 bits per heavy atom. The van der Waals surface area contributed by atoms with Crippen molar-refractivity contribution < 1.29 is 14.0 Å². The van der Waals surface area contributed by atoms with E-state index in [1.165, 1.54) is 18.2 Å². The fourth-order valence-corrected chi connectivity index (χ4v) is 2.63. The summed E-state index contributed by atoms with van der Waals surface area (Å²) in [5, 5.41) is 11.2. The number of nitrogens with one attached hydrogen (secondary N) is 4. The number of halogens is 1. The normalized spacial score (nSPS) is 11.2. The zero-order valence-corrected chi connectivity index (χ0v) is 15.8. The molecule has 0 aliphatic rings. The second-order valence-electron chi connectivity index (χ2n) is 6.39. The van der Waals surface area contributed by atoms with Crippen molar-refractivity contribution in [1.82, 2.24) is 0 Å². The highest BCUT2D eigenvalue weighted by Crippen LogP contribution is 2.17. The van der Waals surface area contributed by atoms with E-state index in [-0.39, 0.29) is 11.9 Å². The first-order valence-corrected chi connectivity index (χ1v) is 9.06. The Kier molecular flexibility index (Phi) is 6.42. The van der Waals surface area contributed by atoms with Gasteiger partial charge in [0, 0.05) is 22.7 Å². The molecule has 6 nitrogen and oxygen atoms in total. The van der Waals surface area contributed by atoms with Crippen molar-refractivity contribution in [1.29, 1.82) is 0 Å². The van der Waals surface area contributed by atoms with Gasteiger partial charge >= 0.3 is 6.03 Å². The van der Waals surface area contributed by atoms with Crippen molar-refractivity contribution in [2.24, 2.45) is 0 Å². The fraction of sp³-hybridized carbons (Fsp3) is 0.0909. The number of benzene rings is 3. The predicted octanol–water partition coefficient (Wildman–Crippen LogP) is 4.91. The maximum absolute atomic E-state index is 13.2. The lowest BCUT2D eigenvalue weighted by molar-refractivity contribution is -0.116. The zero-order valence-electron chi connectivity index (χ0n) is 15.8. The quantitative estimate of drug-likeness (QED) is 0.481. The molecule has 3 aromatic rings. The highest BCUT2D eigenvalue weighted by atomic mass is 19.1. The molecule has 29 heavy (non-hydrogen) atoms. The molecule has 0 aromatic heterocycles. The van der Waals surface area contributed by atoms with Gasteiger partial charge in [0.05, 0.1) is 0 Å². The summed E-state index contributed by atoms with van der Waals surface area (Å²) < 4.78 is 13.2. The maximum atomic E-state index is 13.2. The third-order valence-corrected chi connectivity index (χ3v) is 4.02. The largest absolute Gasteiger partial charge is 0.374 e. The van der Waals surface area contributed by atoms with Crippen LogP contribution >= 0.6 is 0 Å². The van der Waals surface area contributed by atoms with Gasteiger partial charge < -0.3 is 21.3 Å². The molecule has 0 aliphatic carbocycles. The van der Waals surface area contributed by atoms with Gasteiger partial charge in [-0.15, -0.1) is 0 Å². The number of carbonyl (C=O) groups is 2. The Morgan fingerprint density at radius 3 is 2.03 bits per heavy atom. The van der Waals surface area contributed by atoms with Crippen LogP contribution in [-0.4, -0.2) is 18.0 Å². The molecule has 3 rings (SSSR count). The standard InChI is InChI=1S/C22H21FN4O2/c1-15(21(28)25-18-10-5-7-16(23)13-18)24-19-11-6-12-20(14-19)27-22(29)26-17-8-3-2-4-9-17/h2-15,24H,1H3,(H,25,28)(H2,26,27,29). The summed E-state index contributed by atoms with van der Waals surface area (Å²) in [5.74, 6) is -0.730. The Hall–Kier alpha value is -3.87. The Labute approximate surface area is 168 Å². The number of hydrogen-bond donors (Lipinski definition) is 4. The summed E-state index contributed by atoms with van der Waals surface area (Å²) in [6, 6.07) is 20.9. The van der Waals surface area contributed by atoms with Crippen LogP contribution in [0.3, 0.4) is 0 Å². The van der Waals surface area contributed by atoms with Gasteiger partial charge in [-0.05, 0) is 55.5 Å². The molecule has 4 N–H and O–H groups in total.